The Hall–Kier alpha value is -1.98. The largest absolute Gasteiger partial charge is 0.416 e. The van der Waals surface area contributed by atoms with Gasteiger partial charge in [-0.15, -0.1) is 0 Å². The molecule has 142 valence electrons. The minimum Gasteiger partial charge on any atom is -0.338 e. The molecule has 0 radical (unpaired) electrons. The molecule has 2 heterocycles. The van der Waals surface area contributed by atoms with E-state index in [1.165, 1.54) is 22.7 Å². The second-order valence-corrected chi connectivity index (χ2v) is 8.01. The molecule has 2 aromatic rings. The quantitative estimate of drug-likeness (QED) is 0.793. The van der Waals surface area contributed by atoms with Gasteiger partial charge in [0.15, 0.2) is 0 Å². The predicted molar refractivity (Wildman–Crippen MR) is 86.4 cm³/mol. The van der Waals surface area contributed by atoms with Crippen LogP contribution < -0.4 is 0 Å². The Labute approximate surface area is 148 Å². The molecule has 0 unspecified atom stereocenters. The summed E-state index contributed by atoms with van der Waals surface area (Å²) in [4.78, 5) is 6.18. The second kappa shape index (κ2) is 6.97. The van der Waals surface area contributed by atoms with Crippen molar-refractivity contribution in [3.05, 3.63) is 35.7 Å². The SMILES string of the molecule is CS(=O)(=O)N1CCN(Cc2nc(-c3ccc(C(F)(F)F)cc3)no2)CC1. The zero-order valence-corrected chi connectivity index (χ0v) is 14.7. The van der Waals surface area contributed by atoms with Crippen molar-refractivity contribution in [2.24, 2.45) is 0 Å². The number of benzene rings is 1. The zero-order chi connectivity index (χ0) is 18.9. The minimum atomic E-state index is -4.39. The van der Waals surface area contributed by atoms with Crippen LogP contribution in [0.2, 0.25) is 0 Å². The van der Waals surface area contributed by atoms with Crippen LogP contribution in [0.15, 0.2) is 28.8 Å². The highest BCUT2D eigenvalue weighted by atomic mass is 32.2. The van der Waals surface area contributed by atoms with E-state index in [0.717, 1.165) is 12.1 Å². The zero-order valence-electron chi connectivity index (χ0n) is 13.9. The summed E-state index contributed by atoms with van der Waals surface area (Å²) in [5.41, 5.74) is -0.316. The van der Waals surface area contributed by atoms with E-state index in [1.54, 1.807) is 0 Å². The van der Waals surface area contributed by atoms with E-state index in [1.807, 2.05) is 4.90 Å². The number of alkyl halides is 3. The van der Waals surface area contributed by atoms with Gasteiger partial charge < -0.3 is 4.52 Å². The van der Waals surface area contributed by atoms with Gasteiger partial charge >= 0.3 is 6.18 Å². The molecule has 1 aromatic carbocycles. The fourth-order valence-corrected chi connectivity index (χ4v) is 3.48. The Kier molecular flexibility index (Phi) is 5.04. The van der Waals surface area contributed by atoms with Gasteiger partial charge in [0.1, 0.15) is 0 Å². The molecule has 0 N–H and O–H groups in total. The third kappa shape index (κ3) is 4.40. The smallest absolute Gasteiger partial charge is 0.338 e. The van der Waals surface area contributed by atoms with E-state index in [-0.39, 0.29) is 5.82 Å². The van der Waals surface area contributed by atoms with Crippen LogP contribution in [-0.2, 0) is 22.7 Å². The molecule has 0 amide bonds. The van der Waals surface area contributed by atoms with E-state index in [9.17, 15) is 21.6 Å². The Balaban J connectivity index is 1.62. The van der Waals surface area contributed by atoms with Gasteiger partial charge in [-0.1, -0.05) is 17.3 Å². The van der Waals surface area contributed by atoms with Crippen molar-refractivity contribution in [1.82, 2.24) is 19.3 Å². The van der Waals surface area contributed by atoms with E-state index in [2.05, 4.69) is 10.1 Å². The van der Waals surface area contributed by atoms with Crippen molar-refractivity contribution in [3.8, 4) is 11.4 Å². The lowest BCUT2D eigenvalue weighted by Gasteiger charge is -2.32. The highest BCUT2D eigenvalue weighted by Crippen LogP contribution is 2.30. The topological polar surface area (TPSA) is 79.5 Å². The molecule has 1 aromatic heterocycles. The highest BCUT2D eigenvalue weighted by molar-refractivity contribution is 7.88. The maximum atomic E-state index is 12.6. The van der Waals surface area contributed by atoms with Crippen molar-refractivity contribution in [2.45, 2.75) is 12.7 Å². The van der Waals surface area contributed by atoms with Crippen LogP contribution in [-0.4, -0.2) is 60.2 Å². The maximum Gasteiger partial charge on any atom is 0.416 e. The number of sulfonamides is 1. The average Bonchev–Trinajstić information content (AvgIpc) is 3.02. The molecule has 3 rings (SSSR count). The predicted octanol–water partition coefficient (Wildman–Crippen LogP) is 1.83. The maximum absolute atomic E-state index is 12.6. The first-order chi connectivity index (χ1) is 12.1. The molecule has 1 aliphatic rings. The van der Waals surface area contributed by atoms with Crippen LogP contribution in [0, 0.1) is 0 Å². The summed E-state index contributed by atoms with van der Waals surface area (Å²) < 4.78 is 67.3. The summed E-state index contributed by atoms with van der Waals surface area (Å²) in [5.74, 6) is 0.538. The first-order valence-corrected chi connectivity index (χ1v) is 9.65. The fraction of sp³-hybridized carbons (Fsp3) is 0.467. The van der Waals surface area contributed by atoms with Gasteiger partial charge in [-0.3, -0.25) is 4.90 Å². The number of rotatable bonds is 4. The molecule has 0 spiro atoms. The number of piperazine rings is 1. The molecule has 0 atom stereocenters. The summed E-state index contributed by atoms with van der Waals surface area (Å²) in [5, 5.41) is 3.80. The summed E-state index contributed by atoms with van der Waals surface area (Å²) in [6.45, 7) is 2.19. The van der Waals surface area contributed by atoms with Crippen LogP contribution in [0.5, 0.6) is 0 Å². The Bertz CT molecular complexity index is 857. The standard InChI is InChI=1S/C15H17F3N4O3S/c1-26(23,24)22-8-6-21(7-9-22)10-13-19-14(20-25-13)11-2-4-12(5-3-11)15(16,17)18/h2-5H,6-10H2,1H3. The Morgan fingerprint density at radius 3 is 2.27 bits per heavy atom. The molecule has 0 aliphatic carbocycles. The van der Waals surface area contributed by atoms with E-state index < -0.39 is 21.8 Å². The van der Waals surface area contributed by atoms with Crippen LogP contribution in [0.1, 0.15) is 11.5 Å². The molecule has 0 saturated carbocycles. The summed E-state index contributed by atoms with van der Waals surface area (Å²) >= 11 is 0. The van der Waals surface area contributed by atoms with Crippen molar-refractivity contribution >= 4 is 10.0 Å². The molecule has 0 bridgehead atoms. The molecule has 1 saturated heterocycles. The average molecular weight is 390 g/mol. The molecule has 26 heavy (non-hydrogen) atoms. The van der Waals surface area contributed by atoms with E-state index >= 15 is 0 Å². The number of hydrogen-bond acceptors (Lipinski definition) is 6. The number of hydrogen-bond donors (Lipinski definition) is 0. The Morgan fingerprint density at radius 1 is 1.12 bits per heavy atom. The lowest BCUT2D eigenvalue weighted by molar-refractivity contribution is -0.137. The van der Waals surface area contributed by atoms with Crippen molar-refractivity contribution in [1.29, 1.82) is 0 Å². The summed E-state index contributed by atoms with van der Waals surface area (Å²) in [6.07, 6.45) is -3.22. The van der Waals surface area contributed by atoms with Gasteiger partial charge in [-0.25, -0.2) is 8.42 Å². The van der Waals surface area contributed by atoms with Gasteiger partial charge in [0, 0.05) is 31.7 Å². The van der Waals surface area contributed by atoms with Crippen LogP contribution in [0.25, 0.3) is 11.4 Å². The molecule has 7 nitrogen and oxygen atoms in total. The first kappa shape index (κ1) is 18.8. The third-order valence-corrected chi connectivity index (χ3v) is 5.40. The molecule has 1 fully saturated rings. The van der Waals surface area contributed by atoms with Crippen LogP contribution in [0.4, 0.5) is 13.2 Å². The molecular weight excluding hydrogens is 373 g/mol. The lowest BCUT2D eigenvalue weighted by atomic mass is 10.1. The first-order valence-electron chi connectivity index (χ1n) is 7.80. The van der Waals surface area contributed by atoms with Crippen molar-refractivity contribution < 1.29 is 26.1 Å². The normalized spacial score (nSPS) is 17.5. The minimum absolute atomic E-state index is 0.212. The monoisotopic (exact) mass is 390 g/mol. The molecule has 11 heteroatoms. The van der Waals surface area contributed by atoms with Crippen LogP contribution in [0.3, 0.4) is 0 Å². The van der Waals surface area contributed by atoms with Gasteiger partial charge in [0.05, 0.1) is 18.4 Å². The fourth-order valence-electron chi connectivity index (χ4n) is 2.66. The van der Waals surface area contributed by atoms with Crippen molar-refractivity contribution in [3.63, 3.8) is 0 Å². The Morgan fingerprint density at radius 2 is 1.73 bits per heavy atom. The summed E-state index contributed by atoms with van der Waals surface area (Å²) in [6, 6.07) is 4.52. The van der Waals surface area contributed by atoms with Crippen LogP contribution >= 0.6 is 0 Å². The van der Waals surface area contributed by atoms with E-state index in [4.69, 9.17) is 4.52 Å². The van der Waals surface area contributed by atoms with Gasteiger partial charge in [0.25, 0.3) is 0 Å². The van der Waals surface area contributed by atoms with Gasteiger partial charge in [-0.05, 0) is 12.1 Å². The lowest BCUT2D eigenvalue weighted by Crippen LogP contribution is -2.47. The molecule has 1 aliphatic heterocycles. The molecular formula is C15H17F3N4O3S. The number of halogens is 3. The second-order valence-electron chi connectivity index (χ2n) is 6.03. The van der Waals surface area contributed by atoms with E-state index in [0.29, 0.717) is 44.2 Å². The number of aromatic nitrogens is 2. The number of nitrogens with zero attached hydrogens (tertiary/aromatic N) is 4. The summed E-state index contributed by atoms with van der Waals surface area (Å²) in [7, 11) is -3.19. The highest BCUT2D eigenvalue weighted by Gasteiger charge is 2.30. The van der Waals surface area contributed by atoms with Gasteiger partial charge in [0.2, 0.25) is 21.7 Å². The van der Waals surface area contributed by atoms with Gasteiger partial charge in [-0.2, -0.15) is 22.5 Å². The van der Waals surface area contributed by atoms with Crippen molar-refractivity contribution in [2.75, 3.05) is 32.4 Å². The third-order valence-electron chi connectivity index (χ3n) is 4.10.